The summed E-state index contributed by atoms with van der Waals surface area (Å²) >= 11 is 0. The van der Waals surface area contributed by atoms with Gasteiger partial charge in [-0.3, -0.25) is 4.90 Å². The van der Waals surface area contributed by atoms with Crippen LogP contribution in [0.4, 0.5) is 0 Å². The van der Waals surface area contributed by atoms with Gasteiger partial charge in [0.25, 0.3) is 0 Å². The highest BCUT2D eigenvalue weighted by molar-refractivity contribution is 5.21. The zero-order chi connectivity index (χ0) is 11.2. The lowest BCUT2D eigenvalue weighted by atomic mass is 9.82. The Hall–Kier alpha value is -0.340. The molecule has 2 heterocycles. The third kappa shape index (κ3) is 1.26. The lowest BCUT2D eigenvalue weighted by molar-refractivity contribution is -0.0380. The number of hydrogen-bond donors (Lipinski definition) is 0. The second-order valence-corrected chi connectivity index (χ2v) is 5.87. The van der Waals surface area contributed by atoms with Gasteiger partial charge in [-0.1, -0.05) is 6.08 Å². The van der Waals surface area contributed by atoms with Crippen molar-refractivity contribution in [2.45, 2.75) is 49.7 Å². The zero-order valence-electron chi connectivity index (χ0n) is 10.4. The van der Waals surface area contributed by atoms with Crippen LogP contribution in [0, 0.1) is 5.92 Å². The van der Waals surface area contributed by atoms with E-state index in [0.717, 1.165) is 5.92 Å². The van der Waals surface area contributed by atoms with E-state index in [1.807, 2.05) is 7.11 Å². The van der Waals surface area contributed by atoms with Gasteiger partial charge in [-0.15, -0.1) is 6.58 Å². The third-order valence-corrected chi connectivity index (χ3v) is 5.17. The second-order valence-electron chi connectivity index (χ2n) is 5.87. The SMILES string of the molecule is C=CCC1CN2CCCC2(C2(OC)CC2)C1. The van der Waals surface area contributed by atoms with Gasteiger partial charge in [0.15, 0.2) is 0 Å². The van der Waals surface area contributed by atoms with Crippen LogP contribution in [0.15, 0.2) is 12.7 Å². The predicted octanol–water partition coefficient (Wildman–Crippen LogP) is 2.60. The van der Waals surface area contributed by atoms with E-state index in [9.17, 15) is 0 Å². The van der Waals surface area contributed by atoms with Gasteiger partial charge in [-0.2, -0.15) is 0 Å². The fourth-order valence-electron chi connectivity index (χ4n) is 4.35. The lowest BCUT2D eigenvalue weighted by Crippen LogP contribution is -2.51. The summed E-state index contributed by atoms with van der Waals surface area (Å²) < 4.78 is 5.90. The number of fused-ring (bicyclic) bond motifs is 1. The molecule has 0 spiro atoms. The van der Waals surface area contributed by atoms with Gasteiger partial charge in [-0.25, -0.2) is 0 Å². The Labute approximate surface area is 98.6 Å². The van der Waals surface area contributed by atoms with E-state index in [4.69, 9.17) is 4.74 Å². The molecule has 1 aliphatic carbocycles. The number of ether oxygens (including phenoxy) is 1. The monoisotopic (exact) mass is 221 g/mol. The molecule has 0 aromatic heterocycles. The molecule has 90 valence electrons. The quantitative estimate of drug-likeness (QED) is 0.677. The number of rotatable bonds is 4. The van der Waals surface area contributed by atoms with E-state index in [1.165, 1.54) is 51.6 Å². The molecule has 2 unspecified atom stereocenters. The molecular weight excluding hydrogens is 198 g/mol. The van der Waals surface area contributed by atoms with Crippen molar-refractivity contribution in [2.75, 3.05) is 20.2 Å². The molecule has 3 fully saturated rings. The first-order chi connectivity index (χ1) is 7.76. The fraction of sp³-hybridized carbons (Fsp3) is 0.857. The molecule has 0 bridgehead atoms. The smallest absolute Gasteiger partial charge is 0.0863 e. The van der Waals surface area contributed by atoms with Crippen LogP contribution in [0.2, 0.25) is 0 Å². The number of methoxy groups -OCH3 is 1. The minimum Gasteiger partial charge on any atom is -0.376 e. The number of hydrogen-bond acceptors (Lipinski definition) is 2. The minimum atomic E-state index is 0.222. The molecule has 1 saturated carbocycles. The van der Waals surface area contributed by atoms with E-state index in [0.29, 0.717) is 5.54 Å². The molecule has 2 heteroatoms. The van der Waals surface area contributed by atoms with Gasteiger partial charge in [0, 0.05) is 13.7 Å². The minimum absolute atomic E-state index is 0.222. The highest BCUT2D eigenvalue weighted by atomic mass is 16.5. The van der Waals surface area contributed by atoms with Crippen molar-refractivity contribution >= 4 is 0 Å². The van der Waals surface area contributed by atoms with E-state index in [2.05, 4.69) is 17.6 Å². The van der Waals surface area contributed by atoms with Gasteiger partial charge in [0.1, 0.15) is 0 Å². The first-order valence-electron chi connectivity index (χ1n) is 6.67. The van der Waals surface area contributed by atoms with Gasteiger partial charge in [-0.05, 0) is 51.0 Å². The summed E-state index contributed by atoms with van der Waals surface area (Å²) in [4.78, 5) is 2.73. The van der Waals surface area contributed by atoms with Crippen LogP contribution >= 0.6 is 0 Å². The Morgan fingerprint density at radius 3 is 2.88 bits per heavy atom. The van der Waals surface area contributed by atoms with E-state index >= 15 is 0 Å². The first-order valence-corrected chi connectivity index (χ1v) is 6.67. The summed E-state index contributed by atoms with van der Waals surface area (Å²) in [7, 11) is 1.92. The summed E-state index contributed by atoms with van der Waals surface area (Å²) in [6, 6.07) is 0. The van der Waals surface area contributed by atoms with Gasteiger partial charge in [0.05, 0.1) is 11.1 Å². The lowest BCUT2D eigenvalue weighted by Gasteiger charge is -2.39. The molecule has 0 aromatic carbocycles. The molecule has 3 aliphatic rings. The van der Waals surface area contributed by atoms with Crippen molar-refractivity contribution in [1.29, 1.82) is 0 Å². The molecule has 0 aromatic rings. The molecule has 16 heavy (non-hydrogen) atoms. The molecule has 2 saturated heterocycles. The summed E-state index contributed by atoms with van der Waals surface area (Å²) in [5.74, 6) is 0.824. The fourth-order valence-corrected chi connectivity index (χ4v) is 4.35. The van der Waals surface area contributed by atoms with Crippen molar-refractivity contribution < 1.29 is 4.74 Å². The largest absolute Gasteiger partial charge is 0.376 e. The molecule has 2 aliphatic heterocycles. The highest BCUT2D eigenvalue weighted by Crippen LogP contribution is 2.59. The first kappa shape index (κ1) is 10.8. The van der Waals surface area contributed by atoms with Crippen LogP contribution in [0.25, 0.3) is 0 Å². The van der Waals surface area contributed by atoms with Crippen molar-refractivity contribution in [3.8, 4) is 0 Å². The van der Waals surface area contributed by atoms with Crippen molar-refractivity contribution in [3.63, 3.8) is 0 Å². The van der Waals surface area contributed by atoms with Crippen molar-refractivity contribution in [3.05, 3.63) is 12.7 Å². The maximum atomic E-state index is 5.90. The second kappa shape index (κ2) is 3.58. The summed E-state index contributed by atoms with van der Waals surface area (Å²) in [5, 5.41) is 0. The third-order valence-electron chi connectivity index (χ3n) is 5.17. The average molecular weight is 221 g/mol. The molecular formula is C14H23NO. The molecule has 0 N–H and O–H groups in total. The Kier molecular flexibility index (Phi) is 2.41. The van der Waals surface area contributed by atoms with Crippen LogP contribution in [0.5, 0.6) is 0 Å². The standard InChI is InChI=1S/C14H23NO/c1-3-5-12-10-13(14(16-2)7-8-14)6-4-9-15(13)11-12/h3,12H,1,4-11H2,2H3. The Balaban J connectivity index is 1.84. The van der Waals surface area contributed by atoms with Gasteiger partial charge < -0.3 is 4.74 Å². The summed E-state index contributed by atoms with van der Waals surface area (Å²) in [6.45, 7) is 6.45. The molecule has 0 radical (unpaired) electrons. The molecule has 0 amide bonds. The molecule has 2 atom stereocenters. The van der Waals surface area contributed by atoms with Gasteiger partial charge >= 0.3 is 0 Å². The van der Waals surface area contributed by atoms with Crippen molar-refractivity contribution in [1.82, 2.24) is 4.90 Å². The van der Waals surface area contributed by atoms with Gasteiger partial charge in [0.2, 0.25) is 0 Å². The highest BCUT2D eigenvalue weighted by Gasteiger charge is 2.66. The zero-order valence-corrected chi connectivity index (χ0v) is 10.4. The maximum absolute atomic E-state index is 5.90. The summed E-state index contributed by atoms with van der Waals surface area (Å²) in [5.41, 5.74) is 0.620. The number of allylic oxidation sites excluding steroid dienone is 1. The Bertz CT molecular complexity index is 297. The van der Waals surface area contributed by atoms with E-state index < -0.39 is 0 Å². The van der Waals surface area contributed by atoms with Crippen LogP contribution < -0.4 is 0 Å². The summed E-state index contributed by atoms with van der Waals surface area (Å²) in [6.07, 6.45) is 9.89. The molecule has 3 rings (SSSR count). The topological polar surface area (TPSA) is 12.5 Å². The average Bonchev–Trinajstić information content (AvgIpc) is 2.86. The van der Waals surface area contributed by atoms with Crippen molar-refractivity contribution in [2.24, 2.45) is 5.92 Å². The Morgan fingerprint density at radius 2 is 2.25 bits per heavy atom. The van der Waals surface area contributed by atoms with Crippen LogP contribution in [0.3, 0.4) is 0 Å². The van der Waals surface area contributed by atoms with E-state index in [1.54, 1.807) is 0 Å². The van der Waals surface area contributed by atoms with Crippen LogP contribution in [-0.4, -0.2) is 36.2 Å². The van der Waals surface area contributed by atoms with Crippen LogP contribution in [-0.2, 0) is 4.74 Å². The maximum Gasteiger partial charge on any atom is 0.0863 e. The van der Waals surface area contributed by atoms with Crippen LogP contribution in [0.1, 0.15) is 38.5 Å². The normalized spacial score (nSPS) is 40.9. The number of nitrogens with zero attached hydrogens (tertiary/aromatic N) is 1. The van der Waals surface area contributed by atoms with E-state index in [-0.39, 0.29) is 5.60 Å². The molecule has 2 nitrogen and oxygen atoms in total. The predicted molar refractivity (Wildman–Crippen MR) is 65.4 cm³/mol. The Morgan fingerprint density at radius 1 is 1.44 bits per heavy atom.